The van der Waals surface area contributed by atoms with Crippen LogP contribution in [-0.2, 0) is 4.79 Å². The summed E-state index contributed by atoms with van der Waals surface area (Å²) in [4.78, 5) is 12.1. The normalized spacial score (nSPS) is 11.8. The van der Waals surface area contributed by atoms with Gasteiger partial charge in [-0.05, 0) is 28.8 Å². The monoisotopic (exact) mass is 339 g/mol. The first kappa shape index (κ1) is 16.8. The van der Waals surface area contributed by atoms with Crippen LogP contribution in [0, 0.1) is 11.6 Å². The average molecular weight is 339 g/mol. The Morgan fingerprint density at radius 2 is 1.52 bits per heavy atom. The van der Waals surface area contributed by atoms with Gasteiger partial charge in [-0.1, -0.05) is 54.6 Å². The number of hydroxylamine groups is 1. The third-order valence-electron chi connectivity index (χ3n) is 3.99. The molecule has 25 heavy (non-hydrogen) atoms. The highest BCUT2D eigenvalue weighted by molar-refractivity contribution is 5.86. The summed E-state index contributed by atoms with van der Waals surface area (Å²) in [5, 5.41) is 9.04. The summed E-state index contributed by atoms with van der Waals surface area (Å²) in [6.45, 7) is 0. The lowest BCUT2D eigenvalue weighted by Gasteiger charge is -2.16. The number of halogens is 2. The van der Waals surface area contributed by atoms with Gasteiger partial charge in [0.1, 0.15) is 11.6 Å². The van der Waals surface area contributed by atoms with Gasteiger partial charge in [-0.3, -0.25) is 10.0 Å². The number of rotatable bonds is 4. The first-order valence-electron chi connectivity index (χ1n) is 7.64. The summed E-state index contributed by atoms with van der Waals surface area (Å²) < 4.78 is 26.9. The number of benzene rings is 3. The minimum Gasteiger partial charge on any atom is -0.289 e. The molecule has 3 aromatic rings. The Bertz CT molecular complexity index is 880. The van der Waals surface area contributed by atoms with Crippen molar-refractivity contribution in [1.29, 1.82) is 0 Å². The van der Waals surface area contributed by atoms with Gasteiger partial charge in [0.05, 0.1) is 5.92 Å². The molecule has 0 aliphatic carbocycles. The summed E-state index contributed by atoms with van der Waals surface area (Å²) in [5.74, 6) is -2.55. The highest BCUT2D eigenvalue weighted by Crippen LogP contribution is 2.29. The van der Waals surface area contributed by atoms with Crippen LogP contribution in [0.15, 0.2) is 72.8 Å². The largest absolute Gasteiger partial charge is 0.289 e. The second kappa shape index (κ2) is 7.23. The van der Waals surface area contributed by atoms with E-state index < -0.39 is 23.5 Å². The molecule has 0 heterocycles. The zero-order chi connectivity index (χ0) is 17.8. The minimum absolute atomic E-state index is 0.274. The molecule has 5 heteroatoms. The predicted molar refractivity (Wildman–Crippen MR) is 90.0 cm³/mol. The standard InChI is InChI=1S/C20H15F2NO2/c21-16-10-11-17(18(22)12-16)13-6-8-15(9-7-13)19(20(24)23-25)14-4-2-1-3-5-14/h1-12,19,25H,(H,23,24). The van der Waals surface area contributed by atoms with Crippen molar-refractivity contribution in [3.8, 4) is 11.1 Å². The van der Waals surface area contributed by atoms with Crippen molar-refractivity contribution >= 4 is 5.91 Å². The van der Waals surface area contributed by atoms with E-state index in [1.54, 1.807) is 54.0 Å². The number of carbonyl (C=O) groups excluding carboxylic acids is 1. The van der Waals surface area contributed by atoms with Crippen molar-refractivity contribution < 1.29 is 18.8 Å². The quantitative estimate of drug-likeness (QED) is 0.551. The second-order valence-electron chi connectivity index (χ2n) is 5.57. The van der Waals surface area contributed by atoms with E-state index in [1.165, 1.54) is 12.1 Å². The Kier molecular flexibility index (Phi) is 4.86. The Morgan fingerprint density at radius 3 is 2.12 bits per heavy atom. The van der Waals surface area contributed by atoms with E-state index >= 15 is 0 Å². The van der Waals surface area contributed by atoms with Crippen LogP contribution in [0.5, 0.6) is 0 Å². The molecule has 0 spiro atoms. The molecule has 0 aliphatic rings. The molecule has 0 aliphatic heterocycles. The Morgan fingerprint density at radius 1 is 0.880 bits per heavy atom. The number of nitrogens with one attached hydrogen (secondary N) is 1. The van der Waals surface area contributed by atoms with Crippen LogP contribution < -0.4 is 5.48 Å². The van der Waals surface area contributed by atoms with Gasteiger partial charge in [-0.15, -0.1) is 0 Å². The van der Waals surface area contributed by atoms with E-state index in [0.717, 1.165) is 11.6 Å². The Labute approximate surface area is 143 Å². The van der Waals surface area contributed by atoms with Gasteiger partial charge in [0.15, 0.2) is 0 Å². The third-order valence-corrected chi connectivity index (χ3v) is 3.99. The predicted octanol–water partition coefficient (Wildman–Crippen LogP) is 4.27. The smallest absolute Gasteiger partial charge is 0.255 e. The third kappa shape index (κ3) is 3.56. The fourth-order valence-electron chi connectivity index (χ4n) is 2.78. The van der Waals surface area contributed by atoms with E-state index in [4.69, 9.17) is 5.21 Å². The van der Waals surface area contributed by atoms with Crippen molar-refractivity contribution in [3.63, 3.8) is 0 Å². The molecule has 0 aromatic heterocycles. The first-order chi connectivity index (χ1) is 12.1. The maximum absolute atomic E-state index is 13.9. The van der Waals surface area contributed by atoms with Crippen LogP contribution >= 0.6 is 0 Å². The molecule has 0 bridgehead atoms. The summed E-state index contributed by atoms with van der Waals surface area (Å²) in [5.41, 5.74) is 3.88. The Balaban J connectivity index is 1.98. The second-order valence-corrected chi connectivity index (χ2v) is 5.57. The fourth-order valence-corrected chi connectivity index (χ4v) is 2.78. The SMILES string of the molecule is O=C(NO)C(c1ccccc1)c1ccc(-c2ccc(F)cc2F)cc1. The molecule has 0 saturated heterocycles. The first-order valence-corrected chi connectivity index (χ1v) is 7.64. The lowest BCUT2D eigenvalue weighted by atomic mass is 9.89. The van der Waals surface area contributed by atoms with Crippen LogP contribution in [0.3, 0.4) is 0 Å². The maximum Gasteiger partial charge on any atom is 0.255 e. The zero-order valence-electron chi connectivity index (χ0n) is 13.1. The molecule has 126 valence electrons. The molecule has 3 aromatic carbocycles. The van der Waals surface area contributed by atoms with Gasteiger partial charge >= 0.3 is 0 Å². The maximum atomic E-state index is 13.9. The van der Waals surface area contributed by atoms with E-state index in [-0.39, 0.29) is 5.56 Å². The van der Waals surface area contributed by atoms with E-state index in [1.807, 2.05) is 6.07 Å². The van der Waals surface area contributed by atoms with Crippen molar-refractivity contribution in [2.24, 2.45) is 0 Å². The van der Waals surface area contributed by atoms with Gasteiger partial charge in [0.2, 0.25) is 0 Å². The molecule has 2 N–H and O–H groups in total. The van der Waals surface area contributed by atoms with E-state index in [0.29, 0.717) is 11.1 Å². The number of amides is 1. The summed E-state index contributed by atoms with van der Waals surface area (Å²) >= 11 is 0. The van der Waals surface area contributed by atoms with E-state index in [2.05, 4.69) is 0 Å². The molecule has 1 atom stereocenters. The lowest BCUT2D eigenvalue weighted by molar-refractivity contribution is -0.129. The van der Waals surface area contributed by atoms with Gasteiger partial charge in [-0.25, -0.2) is 14.3 Å². The molecule has 3 nitrogen and oxygen atoms in total. The van der Waals surface area contributed by atoms with Crippen LogP contribution in [0.2, 0.25) is 0 Å². The van der Waals surface area contributed by atoms with Gasteiger partial charge < -0.3 is 0 Å². The van der Waals surface area contributed by atoms with Gasteiger partial charge in [-0.2, -0.15) is 0 Å². The summed E-state index contributed by atoms with van der Waals surface area (Å²) in [7, 11) is 0. The van der Waals surface area contributed by atoms with E-state index in [9.17, 15) is 13.6 Å². The lowest BCUT2D eigenvalue weighted by Crippen LogP contribution is -2.27. The zero-order valence-corrected chi connectivity index (χ0v) is 13.1. The van der Waals surface area contributed by atoms with Crippen molar-refractivity contribution in [1.82, 2.24) is 5.48 Å². The number of carbonyl (C=O) groups is 1. The Hall–Kier alpha value is -3.05. The molecular weight excluding hydrogens is 324 g/mol. The summed E-state index contributed by atoms with van der Waals surface area (Å²) in [6.07, 6.45) is 0. The molecular formula is C20H15F2NO2. The number of hydrogen-bond acceptors (Lipinski definition) is 2. The minimum atomic E-state index is -0.696. The van der Waals surface area contributed by atoms with Crippen LogP contribution in [0.1, 0.15) is 17.0 Å². The molecule has 0 radical (unpaired) electrons. The van der Waals surface area contributed by atoms with Crippen molar-refractivity contribution in [2.45, 2.75) is 5.92 Å². The highest BCUT2D eigenvalue weighted by atomic mass is 19.1. The van der Waals surface area contributed by atoms with Crippen LogP contribution in [-0.4, -0.2) is 11.1 Å². The molecule has 0 fully saturated rings. The van der Waals surface area contributed by atoms with Gasteiger partial charge in [0.25, 0.3) is 5.91 Å². The van der Waals surface area contributed by atoms with Crippen molar-refractivity contribution in [3.05, 3.63) is 95.6 Å². The number of hydrogen-bond donors (Lipinski definition) is 2. The topological polar surface area (TPSA) is 49.3 Å². The van der Waals surface area contributed by atoms with Crippen LogP contribution in [0.25, 0.3) is 11.1 Å². The molecule has 3 rings (SSSR count). The average Bonchev–Trinajstić information content (AvgIpc) is 2.63. The molecule has 1 unspecified atom stereocenters. The van der Waals surface area contributed by atoms with Crippen LogP contribution in [0.4, 0.5) is 8.78 Å². The highest BCUT2D eigenvalue weighted by Gasteiger charge is 2.22. The van der Waals surface area contributed by atoms with Gasteiger partial charge in [0, 0.05) is 11.6 Å². The fraction of sp³-hybridized carbons (Fsp3) is 0.0500. The molecule has 0 saturated carbocycles. The molecule has 1 amide bonds. The summed E-state index contributed by atoms with van der Waals surface area (Å²) in [6, 6.07) is 19.1. The van der Waals surface area contributed by atoms with Crippen molar-refractivity contribution in [2.75, 3.05) is 0 Å².